The second kappa shape index (κ2) is 7.61. The molecule has 8 heteroatoms. The van der Waals surface area contributed by atoms with E-state index >= 15 is 0 Å². The summed E-state index contributed by atoms with van der Waals surface area (Å²) in [5, 5.41) is 16.1. The minimum Gasteiger partial charge on any atom is -0.357 e. The molecule has 1 saturated heterocycles. The minimum atomic E-state index is -0.554. The van der Waals surface area contributed by atoms with Crippen molar-refractivity contribution >= 4 is 28.9 Å². The summed E-state index contributed by atoms with van der Waals surface area (Å²) in [4.78, 5) is 29.1. The lowest BCUT2D eigenvalue weighted by atomic mass is 10.1. The van der Waals surface area contributed by atoms with Crippen molar-refractivity contribution in [2.24, 2.45) is 0 Å². The van der Waals surface area contributed by atoms with Crippen molar-refractivity contribution in [2.45, 2.75) is 19.3 Å². The predicted molar refractivity (Wildman–Crippen MR) is 96.0 cm³/mol. The summed E-state index contributed by atoms with van der Waals surface area (Å²) in [6, 6.07) is 9.07. The number of benzene rings is 1. The zero-order valence-electron chi connectivity index (χ0n) is 13.6. The summed E-state index contributed by atoms with van der Waals surface area (Å²) in [6.45, 7) is 2.00. The van der Waals surface area contributed by atoms with Crippen LogP contribution < -0.4 is 15.5 Å². The number of carbonyl (C=O) groups is 1. The van der Waals surface area contributed by atoms with Crippen molar-refractivity contribution in [3.8, 4) is 0 Å². The first-order valence-electron chi connectivity index (χ1n) is 8.16. The van der Waals surface area contributed by atoms with E-state index in [9.17, 15) is 14.9 Å². The smallest absolute Gasteiger partial charge is 0.323 e. The number of nitro benzene ring substituents is 1. The number of pyridine rings is 1. The van der Waals surface area contributed by atoms with E-state index < -0.39 is 11.0 Å². The minimum absolute atomic E-state index is 0.142. The van der Waals surface area contributed by atoms with Crippen molar-refractivity contribution < 1.29 is 9.72 Å². The van der Waals surface area contributed by atoms with Gasteiger partial charge >= 0.3 is 6.03 Å². The molecule has 2 amide bonds. The number of nitrogens with zero attached hydrogens (tertiary/aromatic N) is 3. The summed E-state index contributed by atoms with van der Waals surface area (Å²) in [5.74, 6) is 0.893. The SMILES string of the molecule is O=C(Nc1ccc(N2CCCCC2)nc1)Nc1ccccc1[N+](=O)[O-]. The van der Waals surface area contributed by atoms with Crippen LogP contribution in [-0.4, -0.2) is 29.0 Å². The Hall–Kier alpha value is -3.16. The molecular formula is C17H19N5O3. The van der Waals surface area contributed by atoms with Gasteiger partial charge in [0.1, 0.15) is 11.5 Å². The van der Waals surface area contributed by atoms with Crippen LogP contribution in [0.3, 0.4) is 0 Å². The maximum Gasteiger partial charge on any atom is 0.323 e. The number of hydrogen-bond acceptors (Lipinski definition) is 5. The number of rotatable bonds is 4. The lowest BCUT2D eigenvalue weighted by Crippen LogP contribution is -2.30. The van der Waals surface area contributed by atoms with Crippen molar-refractivity contribution in [2.75, 3.05) is 28.6 Å². The van der Waals surface area contributed by atoms with E-state index in [0.717, 1.165) is 18.9 Å². The Morgan fingerprint density at radius 3 is 2.52 bits per heavy atom. The quantitative estimate of drug-likeness (QED) is 0.653. The highest BCUT2D eigenvalue weighted by Crippen LogP contribution is 2.23. The number of anilines is 3. The third-order valence-electron chi connectivity index (χ3n) is 4.03. The molecule has 0 spiro atoms. The third kappa shape index (κ3) is 4.23. The Bertz CT molecular complexity index is 757. The Balaban J connectivity index is 1.62. The van der Waals surface area contributed by atoms with Gasteiger partial charge in [-0.15, -0.1) is 0 Å². The first kappa shape index (κ1) is 16.7. The Morgan fingerprint density at radius 1 is 1.08 bits per heavy atom. The number of aromatic nitrogens is 1. The number of para-hydroxylation sites is 2. The van der Waals surface area contributed by atoms with Crippen molar-refractivity contribution in [3.05, 3.63) is 52.7 Å². The molecule has 1 aliphatic rings. The molecule has 2 N–H and O–H groups in total. The molecule has 3 rings (SSSR count). The lowest BCUT2D eigenvalue weighted by Gasteiger charge is -2.27. The number of amides is 2. The van der Waals surface area contributed by atoms with Crippen molar-refractivity contribution in [3.63, 3.8) is 0 Å². The highest BCUT2D eigenvalue weighted by atomic mass is 16.6. The van der Waals surface area contributed by atoms with Crippen LogP contribution in [0.4, 0.5) is 27.7 Å². The molecule has 1 aromatic heterocycles. The molecule has 0 unspecified atom stereocenters. The molecule has 0 atom stereocenters. The van der Waals surface area contributed by atoms with Gasteiger partial charge in [-0.3, -0.25) is 10.1 Å². The summed E-state index contributed by atoms with van der Waals surface area (Å²) in [7, 11) is 0. The van der Waals surface area contributed by atoms with Gasteiger partial charge in [0.15, 0.2) is 0 Å². The molecule has 1 fully saturated rings. The zero-order valence-corrected chi connectivity index (χ0v) is 13.6. The Labute approximate surface area is 145 Å². The molecule has 0 radical (unpaired) electrons. The average Bonchev–Trinajstić information content (AvgIpc) is 2.63. The zero-order chi connectivity index (χ0) is 17.6. The monoisotopic (exact) mass is 341 g/mol. The molecule has 8 nitrogen and oxygen atoms in total. The normalized spacial score (nSPS) is 14.0. The molecule has 0 aliphatic carbocycles. The van der Waals surface area contributed by atoms with Crippen LogP contribution in [0.5, 0.6) is 0 Å². The molecule has 0 saturated carbocycles. The second-order valence-corrected chi connectivity index (χ2v) is 5.81. The highest BCUT2D eigenvalue weighted by Gasteiger charge is 2.15. The van der Waals surface area contributed by atoms with E-state index in [0.29, 0.717) is 5.69 Å². The fourth-order valence-electron chi connectivity index (χ4n) is 2.79. The van der Waals surface area contributed by atoms with Crippen LogP contribution >= 0.6 is 0 Å². The van der Waals surface area contributed by atoms with E-state index in [1.54, 1.807) is 24.4 Å². The molecule has 2 aromatic rings. The highest BCUT2D eigenvalue weighted by molar-refractivity contribution is 6.01. The number of carbonyl (C=O) groups excluding carboxylic acids is 1. The van der Waals surface area contributed by atoms with Gasteiger partial charge in [0.2, 0.25) is 0 Å². The standard InChI is InChI=1S/C17H19N5O3/c23-17(20-14-6-2-3-7-15(14)22(24)25)19-13-8-9-16(18-12-13)21-10-4-1-5-11-21/h2-3,6-9,12H,1,4-5,10-11H2,(H2,19,20,23). The van der Waals surface area contributed by atoms with Crippen LogP contribution in [0.25, 0.3) is 0 Å². The van der Waals surface area contributed by atoms with Crippen LogP contribution in [0.2, 0.25) is 0 Å². The molecule has 1 aliphatic heterocycles. The topological polar surface area (TPSA) is 100 Å². The molecular weight excluding hydrogens is 322 g/mol. The number of nitro groups is 1. The number of hydrogen-bond donors (Lipinski definition) is 2. The van der Waals surface area contributed by atoms with Crippen LogP contribution in [0, 0.1) is 10.1 Å². The fraction of sp³-hybridized carbons (Fsp3) is 0.294. The summed E-state index contributed by atoms with van der Waals surface area (Å²) < 4.78 is 0. The van der Waals surface area contributed by atoms with Crippen LogP contribution in [0.1, 0.15) is 19.3 Å². The summed E-state index contributed by atoms with van der Waals surface area (Å²) in [5.41, 5.74) is 0.510. The van der Waals surface area contributed by atoms with E-state index in [4.69, 9.17) is 0 Å². The molecule has 25 heavy (non-hydrogen) atoms. The predicted octanol–water partition coefficient (Wildman–Crippen LogP) is 3.62. The van der Waals surface area contributed by atoms with E-state index in [1.165, 1.54) is 31.4 Å². The van der Waals surface area contributed by atoms with E-state index in [2.05, 4.69) is 20.5 Å². The van der Waals surface area contributed by atoms with E-state index in [-0.39, 0.29) is 11.4 Å². The van der Waals surface area contributed by atoms with Gasteiger partial charge in [-0.05, 0) is 37.5 Å². The lowest BCUT2D eigenvalue weighted by molar-refractivity contribution is -0.383. The fourth-order valence-corrected chi connectivity index (χ4v) is 2.79. The molecule has 2 heterocycles. The average molecular weight is 341 g/mol. The summed E-state index contributed by atoms with van der Waals surface area (Å²) >= 11 is 0. The summed E-state index contributed by atoms with van der Waals surface area (Å²) in [6.07, 6.45) is 5.17. The maximum atomic E-state index is 12.1. The van der Waals surface area contributed by atoms with Gasteiger partial charge in [0.05, 0.1) is 16.8 Å². The molecule has 130 valence electrons. The van der Waals surface area contributed by atoms with E-state index in [1.807, 2.05) is 6.07 Å². The van der Waals surface area contributed by atoms with Gasteiger partial charge < -0.3 is 15.5 Å². The van der Waals surface area contributed by atoms with Gasteiger partial charge in [-0.2, -0.15) is 0 Å². The number of nitrogens with one attached hydrogen (secondary N) is 2. The van der Waals surface area contributed by atoms with Crippen molar-refractivity contribution in [1.82, 2.24) is 4.98 Å². The maximum absolute atomic E-state index is 12.1. The first-order valence-corrected chi connectivity index (χ1v) is 8.16. The molecule has 0 bridgehead atoms. The third-order valence-corrected chi connectivity index (χ3v) is 4.03. The first-order chi connectivity index (χ1) is 12.1. The second-order valence-electron chi connectivity index (χ2n) is 5.81. The Morgan fingerprint density at radius 2 is 1.84 bits per heavy atom. The van der Waals surface area contributed by atoms with Gasteiger partial charge in [-0.25, -0.2) is 9.78 Å². The van der Waals surface area contributed by atoms with Gasteiger partial charge in [0.25, 0.3) is 5.69 Å². The number of piperidine rings is 1. The van der Waals surface area contributed by atoms with Crippen LogP contribution in [-0.2, 0) is 0 Å². The Kier molecular flexibility index (Phi) is 5.08. The van der Waals surface area contributed by atoms with Gasteiger partial charge in [0, 0.05) is 19.2 Å². The number of urea groups is 1. The largest absolute Gasteiger partial charge is 0.357 e. The molecule has 1 aromatic carbocycles. The van der Waals surface area contributed by atoms with Gasteiger partial charge in [-0.1, -0.05) is 12.1 Å². The van der Waals surface area contributed by atoms with Crippen LogP contribution in [0.15, 0.2) is 42.6 Å². The van der Waals surface area contributed by atoms with Crippen molar-refractivity contribution in [1.29, 1.82) is 0 Å².